The zero-order chi connectivity index (χ0) is 13.9. The quantitative estimate of drug-likeness (QED) is 0.801. The van der Waals surface area contributed by atoms with Crippen LogP contribution in [0.15, 0.2) is 43.0 Å². The van der Waals surface area contributed by atoms with Crippen LogP contribution in [0.4, 0.5) is 4.39 Å². The van der Waals surface area contributed by atoms with Crippen LogP contribution in [0.2, 0.25) is 5.02 Å². The largest absolute Gasteiger partial charge is 0.349 e. The number of nitrogens with one attached hydrogen (secondary N) is 1. The second-order valence-corrected chi connectivity index (χ2v) is 4.73. The lowest BCUT2D eigenvalue weighted by Gasteiger charge is -2.09. The van der Waals surface area contributed by atoms with Gasteiger partial charge >= 0.3 is 0 Å². The number of benzene rings is 1. The second kappa shape index (κ2) is 5.46. The van der Waals surface area contributed by atoms with Gasteiger partial charge < -0.3 is 9.55 Å². The Morgan fingerprint density at radius 3 is 2.90 bits per heavy atom. The van der Waals surface area contributed by atoms with Crippen LogP contribution in [0, 0.1) is 5.82 Å². The van der Waals surface area contributed by atoms with Crippen molar-refractivity contribution in [3.63, 3.8) is 0 Å². The first-order valence-corrected chi connectivity index (χ1v) is 6.57. The topological polar surface area (TPSA) is 46.5 Å². The second-order valence-electron chi connectivity index (χ2n) is 4.33. The van der Waals surface area contributed by atoms with Crippen LogP contribution in [0.25, 0.3) is 11.4 Å². The lowest BCUT2D eigenvalue weighted by molar-refractivity contribution is 0.624. The molecule has 0 bridgehead atoms. The van der Waals surface area contributed by atoms with E-state index in [0.29, 0.717) is 29.4 Å². The molecule has 0 atom stereocenters. The average molecular weight is 291 g/mol. The molecule has 0 saturated heterocycles. The van der Waals surface area contributed by atoms with Crippen LogP contribution >= 0.6 is 11.6 Å². The first-order valence-electron chi connectivity index (χ1n) is 6.19. The molecular formula is C14H12ClFN4. The SMILES string of the molecule is Fc1cccc(Cl)c1-c1nccn1CCc1ncc[nH]1. The number of aromatic nitrogens is 4. The zero-order valence-corrected chi connectivity index (χ0v) is 11.3. The van der Waals surface area contributed by atoms with Crippen molar-refractivity contribution in [2.45, 2.75) is 13.0 Å². The Morgan fingerprint density at radius 2 is 2.15 bits per heavy atom. The van der Waals surface area contributed by atoms with Crippen LogP contribution < -0.4 is 0 Å². The molecule has 2 heterocycles. The Balaban J connectivity index is 1.90. The fraction of sp³-hybridized carbons (Fsp3) is 0.143. The van der Waals surface area contributed by atoms with Gasteiger partial charge in [0, 0.05) is 37.8 Å². The summed E-state index contributed by atoms with van der Waals surface area (Å²) in [5.41, 5.74) is 0.332. The summed E-state index contributed by atoms with van der Waals surface area (Å²) in [5, 5.41) is 0.357. The van der Waals surface area contributed by atoms with Crippen molar-refractivity contribution in [2.75, 3.05) is 0 Å². The number of imidazole rings is 2. The molecule has 1 aromatic carbocycles. The standard InChI is InChI=1S/C14H12ClFN4/c15-10-2-1-3-11(16)13(10)14-19-7-9-20(14)8-4-12-17-5-6-18-12/h1-3,5-7,9H,4,8H2,(H,17,18). The van der Waals surface area contributed by atoms with Crippen LogP contribution in [0.1, 0.15) is 5.82 Å². The number of hydrogen-bond donors (Lipinski definition) is 1. The molecule has 0 aliphatic carbocycles. The Bertz CT molecular complexity index is 686. The van der Waals surface area contributed by atoms with Gasteiger partial charge in [0.2, 0.25) is 0 Å². The molecule has 20 heavy (non-hydrogen) atoms. The van der Waals surface area contributed by atoms with Gasteiger partial charge in [0.1, 0.15) is 17.5 Å². The van der Waals surface area contributed by atoms with E-state index in [0.717, 1.165) is 5.82 Å². The van der Waals surface area contributed by atoms with Gasteiger partial charge in [0.25, 0.3) is 0 Å². The van der Waals surface area contributed by atoms with E-state index < -0.39 is 0 Å². The van der Waals surface area contributed by atoms with Gasteiger partial charge in [-0.15, -0.1) is 0 Å². The highest BCUT2D eigenvalue weighted by atomic mass is 35.5. The van der Waals surface area contributed by atoms with Crippen LogP contribution in [0.5, 0.6) is 0 Å². The minimum atomic E-state index is -0.372. The van der Waals surface area contributed by atoms with Crippen LogP contribution in [-0.4, -0.2) is 19.5 Å². The number of H-pyrrole nitrogens is 1. The molecule has 2 aromatic heterocycles. The lowest BCUT2D eigenvalue weighted by Crippen LogP contribution is -2.04. The summed E-state index contributed by atoms with van der Waals surface area (Å²) in [5.74, 6) is 1.03. The monoisotopic (exact) mass is 290 g/mol. The van der Waals surface area contributed by atoms with Gasteiger partial charge in [-0.05, 0) is 12.1 Å². The molecule has 0 amide bonds. The molecule has 4 nitrogen and oxygen atoms in total. The molecule has 0 fully saturated rings. The van der Waals surface area contributed by atoms with E-state index in [2.05, 4.69) is 15.0 Å². The van der Waals surface area contributed by atoms with E-state index in [1.807, 2.05) is 4.57 Å². The molecule has 0 aliphatic rings. The van der Waals surface area contributed by atoms with E-state index in [-0.39, 0.29) is 5.82 Å². The Kier molecular flexibility index (Phi) is 3.52. The fourth-order valence-corrected chi connectivity index (χ4v) is 2.34. The van der Waals surface area contributed by atoms with E-state index in [9.17, 15) is 4.39 Å². The van der Waals surface area contributed by atoms with Crippen LogP contribution in [0.3, 0.4) is 0 Å². The van der Waals surface area contributed by atoms with Crippen molar-refractivity contribution < 1.29 is 4.39 Å². The Labute approximate surface area is 120 Å². The lowest BCUT2D eigenvalue weighted by atomic mass is 10.2. The highest BCUT2D eigenvalue weighted by molar-refractivity contribution is 6.33. The number of aryl methyl sites for hydroxylation is 2. The normalized spacial score (nSPS) is 10.9. The minimum Gasteiger partial charge on any atom is -0.349 e. The first kappa shape index (κ1) is 12.9. The van der Waals surface area contributed by atoms with Gasteiger partial charge in [-0.25, -0.2) is 14.4 Å². The van der Waals surface area contributed by atoms with Gasteiger partial charge in [-0.1, -0.05) is 17.7 Å². The molecule has 0 radical (unpaired) electrons. The summed E-state index contributed by atoms with van der Waals surface area (Å²) in [4.78, 5) is 11.4. The van der Waals surface area contributed by atoms with Gasteiger partial charge in [-0.2, -0.15) is 0 Å². The Hall–Kier alpha value is -2.14. The maximum atomic E-state index is 14.0. The molecule has 0 aliphatic heterocycles. The van der Waals surface area contributed by atoms with Crippen molar-refractivity contribution in [3.05, 3.63) is 59.7 Å². The third kappa shape index (κ3) is 2.44. The molecule has 0 unspecified atom stereocenters. The number of hydrogen-bond acceptors (Lipinski definition) is 2. The highest BCUT2D eigenvalue weighted by Gasteiger charge is 2.14. The maximum absolute atomic E-state index is 14.0. The molecule has 6 heteroatoms. The highest BCUT2D eigenvalue weighted by Crippen LogP contribution is 2.29. The summed E-state index contributed by atoms with van der Waals surface area (Å²) in [6, 6.07) is 4.62. The minimum absolute atomic E-state index is 0.332. The summed E-state index contributed by atoms with van der Waals surface area (Å²) in [6.45, 7) is 0.646. The average Bonchev–Trinajstić information content (AvgIpc) is 3.07. The third-order valence-corrected chi connectivity index (χ3v) is 3.36. The van der Waals surface area contributed by atoms with Gasteiger partial charge in [-0.3, -0.25) is 0 Å². The smallest absolute Gasteiger partial charge is 0.144 e. The molecular weight excluding hydrogens is 279 g/mol. The number of nitrogens with zero attached hydrogens (tertiary/aromatic N) is 3. The summed E-state index contributed by atoms with van der Waals surface area (Å²) < 4.78 is 15.8. The van der Waals surface area contributed by atoms with E-state index in [4.69, 9.17) is 11.6 Å². The zero-order valence-electron chi connectivity index (χ0n) is 10.6. The summed E-state index contributed by atoms with van der Waals surface area (Å²) >= 11 is 6.08. The van der Waals surface area contributed by atoms with Gasteiger partial charge in [0.15, 0.2) is 0 Å². The maximum Gasteiger partial charge on any atom is 0.144 e. The molecule has 0 spiro atoms. The summed E-state index contributed by atoms with van der Waals surface area (Å²) in [7, 11) is 0. The number of rotatable bonds is 4. The van der Waals surface area contributed by atoms with E-state index >= 15 is 0 Å². The predicted octanol–water partition coefficient (Wildman–Crippen LogP) is 3.31. The van der Waals surface area contributed by atoms with E-state index in [1.54, 1.807) is 36.9 Å². The molecule has 1 N–H and O–H groups in total. The van der Waals surface area contributed by atoms with Crippen molar-refractivity contribution in [1.29, 1.82) is 0 Å². The molecule has 3 rings (SSSR count). The third-order valence-electron chi connectivity index (χ3n) is 3.05. The fourth-order valence-electron chi connectivity index (χ4n) is 2.09. The molecule has 0 saturated carbocycles. The molecule has 102 valence electrons. The van der Waals surface area contributed by atoms with Crippen molar-refractivity contribution in [2.24, 2.45) is 0 Å². The van der Waals surface area contributed by atoms with Crippen LogP contribution in [-0.2, 0) is 13.0 Å². The van der Waals surface area contributed by atoms with Crippen molar-refractivity contribution in [3.8, 4) is 11.4 Å². The van der Waals surface area contributed by atoms with Crippen molar-refractivity contribution in [1.82, 2.24) is 19.5 Å². The number of aromatic amines is 1. The van der Waals surface area contributed by atoms with E-state index in [1.165, 1.54) is 6.07 Å². The first-order chi connectivity index (χ1) is 9.75. The van der Waals surface area contributed by atoms with Gasteiger partial charge in [0.05, 0.1) is 10.6 Å². The Morgan fingerprint density at radius 1 is 1.25 bits per heavy atom. The summed E-state index contributed by atoms with van der Waals surface area (Å²) in [6.07, 6.45) is 7.64. The number of halogens is 2. The predicted molar refractivity (Wildman–Crippen MR) is 74.9 cm³/mol. The van der Waals surface area contributed by atoms with Crippen molar-refractivity contribution >= 4 is 11.6 Å². The molecule has 3 aromatic rings.